The SMILES string of the molecule is CCOc1ccc(C(F)(F)Oc2ccc(OCCCCCCC(=O)CCCCCCOc3ccc(OC(F)(F)c4ccc(O)c(F)c4F)cc3)cc2)c(F)c1F. The fourth-order valence-electron chi connectivity index (χ4n) is 5.46. The summed E-state index contributed by atoms with van der Waals surface area (Å²) in [6, 6.07) is 13.3. The van der Waals surface area contributed by atoms with Crippen molar-refractivity contribution < 1.29 is 68.7 Å². The Kier molecular flexibility index (Phi) is 16.0. The first-order chi connectivity index (χ1) is 26.7. The zero-order valence-electron chi connectivity index (χ0n) is 30.5. The predicted octanol–water partition coefficient (Wildman–Crippen LogP) is 11.5. The normalized spacial score (nSPS) is 11.7. The van der Waals surface area contributed by atoms with Crippen LogP contribution in [0.2, 0.25) is 0 Å². The standard InChI is InChI=1S/C41H42F8O7/c1-2-52-35-24-22-33(37(43)39(35)45)41(48,49)56-31-19-15-29(16-20-31)54-26-10-6-4-8-12-27(50)11-7-3-5-9-25-53-28-13-17-30(18-14-28)55-40(46,47)32-21-23-34(51)38(44)36(32)42/h13-24,51H,2-12,25-26H2,1H3. The summed E-state index contributed by atoms with van der Waals surface area (Å²) >= 11 is 0. The van der Waals surface area contributed by atoms with Crippen LogP contribution in [0.5, 0.6) is 34.5 Å². The van der Waals surface area contributed by atoms with Crippen molar-refractivity contribution >= 4 is 5.78 Å². The Hall–Kier alpha value is -5.21. The Bertz CT molecular complexity index is 1850. The third-order valence-corrected chi connectivity index (χ3v) is 8.41. The van der Waals surface area contributed by atoms with E-state index in [-0.39, 0.29) is 23.9 Å². The molecule has 0 aliphatic rings. The lowest BCUT2D eigenvalue weighted by molar-refractivity contribution is -0.188. The minimum absolute atomic E-state index is 0.0349. The summed E-state index contributed by atoms with van der Waals surface area (Å²) in [5.41, 5.74) is -2.62. The molecule has 304 valence electrons. The molecule has 15 heteroatoms. The second-order valence-corrected chi connectivity index (χ2v) is 12.7. The maximum Gasteiger partial charge on any atom is 0.429 e. The molecule has 4 aromatic carbocycles. The van der Waals surface area contributed by atoms with Crippen molar-refractivity contribution in [2.45, 2.75) is 83.3 Å². The molecule has 0 aliphatic carbocycles. The number of benzene rings is 4. The Morgan fingerprint density at radius 1 is 0.518 bits per heavy atom. The molecule has 0 radical (unpaired) electrons. The first kappa shape index (κ1) is 43.5. The van der Waals surface area contributed by atoms with Gasteiger partial charge in [-0.1, -0.05) is 25.7 Å². The van der Waals surface area contributed by atoms with E-state index in [1.807, 2.05) is 0 Å². The summed E-state index contributed by atoms with van der Waals surface area (Å²) in [6.45, 7) is 2.32. The molecule has 4 rings (SSSR count). The average Bonchev–Trinajstić information content (AvgIpc) is 3.16. The van der Waals surface area contributed by atoms with Crippen LogP contribution in [0.25, 0.3) is 0 Å². The van der Waals surface area contributed by atoms with Gasteiger partial charge in [-0.05, 0) is 105 Å². The Labute approximate surface area is 319 Å². The van der Waals surface area contributed by atoms with E-state index in [9.17, 15) is 39.9 Å². The number of hydrogen-bond donors (Lipinski definition) is 1. The van der Waals surface area contributed by atoms with Crippen molar-refractivity contribution in [1.82, 2.24) is 0 Å². The molecule has 0 heterocycles. The highest BCUT2D eigenvalue weighted by molar-refractivity contribution is 5.78. The molecule has 0 aromatic heterocycles. The number of ether oxygens (including phenoxy) is 5. The molecule has 56 heavy (non-hydrogen) atoms. The average molecular weight is 799 g/mol. The molecule has 0 spiro atoms. The van der Waals surface area contributed by atoms with E-state index < -0.39 is 58.1 Å². The molecular formula is C41H42F8O7. The third-order valence-electron chi connectivity index (χ3n) is 8.41. The van der Waals surface area contributed by atoms with E-state index in [0.29, 0.717) is 68.6 Å². The van der Waals surface area contributed by atoms with Crippen molar-refractivity contribution in [1.29, 1.82) is 0 Å². The molecule has 0 saturated heterocycles. The topological polar surface area (TPSA) is 83.5 Å². The van der Waals surface area contributed by atoms with Gasteiger partial charge in [0.1, 0.15) is 39.9 Å². The van der Waals surface area contributed by atoms with Crippen molar-refractivity contribution in [2.75, 3.05) is 19.8 Å². The quantitative estimate of drug-likeness (QED) is 0.0558. The van der Waals surface area contributed by atoms with E-state index in [0.717, 1.165) is 44.6 Å². The van der Waals surface area contributed by atoms with Crippen LogP contribution in [0.1, 0.15) is 82.3 Å². The van der Waals surface area contributed by atoms with Gasteiger partial charge in [0.15, 0.2) is 23.1 Å². The largest absolute Gasteiger partial charge is 0.505 e. The summed E-state index contributed by atoms with van der Waals surface area (Å²) in [4.78, 5) is 12.2. The number of Topliss-reactive ketones (excluding diaryl/α,β-unsaturated/α-hetero) is 1. The molecule has 4 aromatic rings. The van der Waals surface area contributed by atoms with E-state index in [2.05, 4.69) is 9.47 Å². The summed E-state index contributed by atoms with van der Waals surface area (Å²) < 4.78 is 139. The summed E-state index contributed by atoms with van der Waals surface area (Å²) in [5, 5.41) is 9.14. The lowest BCUT2D eigenvalue weighted by atomic mass is 10.0. The lowest BCUT2D eigenvalue weighted by Gasteiger charge is -2.20. The van der Waals surface area contributed by atoms with Crippen LogP contribution < -0.4 is 23.7 Å². The number of hydrogen-bond acceptors (Lipinski definition) is 7. The molecule has 0 atom stereocenters. The van der Waals surface area contributed by atoms with Gasteiger partial charge in [-0.15, -0.1) is 0 Å². The zero-order valence-corrected chi connectivity index (χ0v) is 30.5. The molecule has 0 amide bonds. The number of aromatic hydroxyl groups is 1. The number of alkyl halides is 4. The molecule has 0 bridgehead atoms. The first-order valence-corrected chi connectivity index (χ1v) is 18.1. The number of carbonyl (C=O) groups excluding carboxylic acids is 1. The minimum atomic E-state index is -4.19. The van der Waals surface area contributed by atoms with Crippen LogP contribution in [-0.4, -0.2) is 30.7 Å². The minimum Gasteiger partial charge on any atom is -0.505 e. The highest BCUT2D eigenvalue weighted by atomic mass is 19.3. The van der Waals surface area contributed by atoms with Crippen molar-refractivity contribution in [3.63, 3.8) is 0 Å². The molecule has 0 fully saturated rings. The lowest BCUT2D eigenvalue weighted by Crippen LogP contribution is -2.24. The van der Waals surface area contributed by atoms with Crippen LogP contribution in [0.15, 0.2) is 72.8 Å². The van der Waals surface area contributed by atoms with Gasteiger partial charge in [-0.3, -0.25) is 4.79 Å². The van der Waals surface area contributed by atoms with E-state index in [1.54, 1.807) is 6.92 Å². The Balaban J connectivity index is 1.01. The molecular weight excluding hydrogens is 756 g/mol. The van der Waals surface area contributed by atoms with Crippen molar-refractivity contribution in [3.8, 4) is 34.5 Å². The van der Waals surface area contributed by atoms with Gasteiger partial charge >= 0.3 is 12.2 Å². The van der Waals surface area contributed by atoms with E-state index in [1.165, 1.54) is 48.5 Å². The van der Waals surface area contributed by atoms with Crippen molar-refractivity contribution in [3.05, 3.63) is 107 Å². The van der Waals surface area contributed by atoms with Gasteiger partial charge in [-0.2, -0.15) is 26.3 Å². The van der Waals surface area contributed by atoms with Gasteiger partial charge in [0.05, 0.1) is 19.8 Å². The molecule has 0 saturated carbocycles. The third kappa shape index (κ3) is 12.7. The molecule has 1 N–H and O–H groups in total. The van der Waals surface area contributed by atoms with Gasteiger partial charge < -0.3 is 28.8 Å². The first-order valence-electron chi connectivity index (χ1n) is 18.1. The van der Waals surface area contributed by atoms with Crippen LogP contribution in [0.3, 0.4) is 0 Å². The van der Waals surface area contributed by atoms with Crippen molar-refractivity contribution in [2.24, 2.45) is 0 Å². The van der Waals surface area contributed by atoms with Crippen LogP contribution in [-0.2, 0) is 17.0 Å². The fraction of sp³-hybridized carbons (Fsp3) is 0.390. The smallest absolute Gasteiger partial charge is 0.429 e. The van der Waals surface area contributed by atoms with Crippen LogP contribution in [0, 0.1) is 23.3 Å². The number of ketones is 1. The van der Waals surface area contributed by atoms with E-state index in [4.69, 9.17) is 19.3 Å². The number of phenolic OH excluding ortho intramolecular Hbond substituents is 1. The molecule has 0 unspecified atom stereocenters. The maximum absolute atomic E-state index is 14.6. The molecule has 7 nitrogen and oxygen atoms in total. The summed E-state index contributed by atoms with van der Waals surface area (Å²) in [5.74, 6) is -8.13. The Morgan fingerprint density at radius 2 is 0.929 bits per heavy atom. The highest BCUT2D eigenvalue weighted by Gasteiger charge is 2.40. The number of halogens is 8. The van der Waals surface area contributed by atoms with Crippen LogP contribution >= 0.6 is 0 Å². The monoisotopic (exact) mass is 798 g/mol. The highest BCUT2D eigenvalue weighted by Crippen LogP contribution is 2.38. The zero-order chi connectivity index (χ0) is 40.7. The molecule has 0 aliphatic heterocycles. The van der Waals surface area contributed by atoms with Gasteiger partial charge in [0.25, 0.3) is 0 Å². The summed E-state index contributed by atoms with van der Waals surface area (Å²) in [6.07, 6.45) is -1.13. The van der Waals surface area contributed by atoms with Crippen LogP contribution in [0.4, 0.5) is 35.1 Å². The fourth-order valence-corrected chi connectivity index (χ4v) is 5.46. The second kappa shape index (κ2) is 20.6. The number of phenols is 1. The van der Waals surface area contributed by atoms with Gasteiger partial charge in [0.2, 0.25) is 11.6 Å². The predicted molar refractivity (Wildman–Crippen MR) is 190 cm³/mol. The number of carbonyl (C=O) groups is 1. The number of unbranched alkanes of at least 4 members (excludes halogenated alkanes) is 6. The second-order valence-electron chi connectivity index (χ2n) is 12.7. The Morgan fingerprint density at radius 3 is 1.39 bits per heavy atom. The van der Waals surface area contributed by atoms with Gasteiger partial charge in [0, 0.05) is 12.8 Å². The van der Waals surface area contributed by atoms with Gasteiger partial charge in [-0.25, -0.2) is 8.78 Å². The summed E-state index contributed by atoms with van der Waals surface area (Å²) in [7, 11) is 0. The maximum atomic E-state index is 14.6. The number of rotatable bonds is 24. The van der Waals surface area contributed by atoms with E-state index >= 15 is 0 Å².